The first-order chi connectivity index (χ1) is 9.11. The van der Waals surface area contributed by atoms with Crippen LogP contribution in [0.4, 0.5) is 4.39 Å². The Balaban J connectivity index is 2.03. The number of hydrogen-bond acceptors (Lipinski definition) is 3. The van der Waals surface area contributed by atoms with Crippen LogP contribution in [0.2, 0.25) is 0 Å². The molecule has 0 aliphatic carbocycles. The van der Waals surface area contributed by atoms with E-state index in [1.807, 2.05) is 6.92 Å². The summed E-state index contributed by atoms with van der Waals surface area (Å²) in [7, 11) is 0. The Hall–Kier alpha value is -1.46. The van der Waals surface area contributed by atoms with Crippen molar-refractivity contribution in [2.45, 2.75) is 25.9 Å². The van der Waals surface area contributed by atoms with Crippen molar-refractivity contribution in [1.82, 2.24) is 5.32 Å². The van der Waals surface area contributed by atoms with Gasteiger partial charge in [-0.05, 0) is 31.0 Å². The lowest BCUT2D eigenvalue weighted by molar-refractivity contribution is 0.0946. The van der Waals surface area contributed by atoms with E-state index in [2.05, 4.69) is 5.32 Å². The summed E-state index contributed by atoms with van der Waals surface area (Å²) in [6.07, 6.45) is 0.811. The van der Waals surface area contributed by atoms with Gasteiger partial charge in [-0.1, -0.05) is 13.0 Å². The molecule has 0 bridgehead atoms. The molecule has 0 aliphatic rings. The van der Waals surface area contributed by atoms with Gasteiger partial charge in [-0.3, -0.25) is 4.79 Å². The Morgan fingerprint density at radius 1 is 1.53 bits per heavy atom. The lowest BCUT2D eigenvalue weighted by atomic mass is 10.2. The summed E-state index contributed by atoms with van der Waals surface area (Å²) in [6, 6.07) is 6.38. The number of fused-ring (bicyclic) bond motifs is 1. The van der Waals surface area contributed by atoms with Crippen LogP contribution in [0.3, 0.4) is 0 Å². The minimum Gasteiger partial charge on any atom is -0.393 e. The van der Waals surface area contributed by atoms with Crippen molar-refractivity contribution in [3.05, 3.63) is 35.0 Å². The van der Waals surface area contributed by atoms with Gasteiger partial charge in [0.2, 0.25) is 0 Å². The van der Waals surface area contributed by atoms with Crippen LogP contribution < -0.4 is 5.32 Å². The van der Waals surface area contributed by atoms with Gasteiger partial charge >= 0.3 is 0 Å². The molecule has 5 heteroatoms. The van der Waals surface area contributed by atoms with Gasteiger partial charge in [0.25, 0.3) is 5.91 Å². The van der Waals surface area contributed by atoms with E-state index in [4.69, 9.17) is 0 Å². The minimum absolute atomic E-state index is 0.219. The molecule has 0 saturated heterocycles. The van der Waals surface area contributed by atoms with E-state index in [1.54, 1.807) is 18.2 Å². The molecule has 3 nitrogen and oxygen atoms in total. The molecule has 1 aromatic heterocycles. The first-order valence-corrected chi connectivity index (χ1v) is 7.07. The Morgan fingerprint density at radius 2 is 2.32 bits per heavy atom. The standard InChI is InChI=1S/C14H16FNO2S/c1-2-9(17)6-7-16-14(18)13-8-10-11(15)4-3-5-12(10)19-13/h3-5,8-9,17H,2,6-7H2,1H3,(H,16,18). The lowest BCUT2D eigenvalue weighted by Crippen LogP contribution is -2.26. The molecule has 1 heterocycles. The van der Waals surface area contributed by atoms with Crippen molar-refractivity contribution in [2.24, 2.45) is 0 Å². The van der Waals surface area contributed by atoms with Crippen LogP contribution in [0.25, 0.3) is 10.1 Å². The van der Waals surface area contributed by atoms with Crippen molar-refractivity contribution in [3.63, 3.8) is 0 Å². The summed E-state index contributed by atoms with van der Waals surface area (Å²) >= 11 is 1.27. The van der Waals surface area contributed by atoms with Gasteiger partial charge in [-0.2, -0.15) is 0 Å². The molecule has 1 unspecified atom stereocenters. The van der Waals surface area contributed by atoms with Crippen LogP contribution in [0, 0.1) is 5.82 Å². The smallest absolute Gasteiger partial charge is 0.261 e. The van der Waals surface area contributed by atoms with Crippen molar-refractivity contribution in [2.75, 3.05) is 6.54 Å². The van der Waals surface area contributed by atoms with Gasteiger partial charge in [0.05, 0.1) is 11.0 Å². The molecule has 2 N–H and O–H groups in total. The third kappa shape index (κ3) is 3.30. The zero-order valence-corrected chi connectivity index (χ0v) is 11.5. The highest BCUT2D eigenvalue weighted by Crippen LogP contribution is 2.27. The summed E-state index contributed by atoms with van der Waals surface area (Å²) in [5, 5.41) is 12.6. The minimum atomic E-state index is -0.389. The van der Waals surface area contributed by atoms with E-state index < -0.39 is 0 Å². The molecule has 19 heavy (non-hydrogen) atoms. The fourth-order valence-corrected chi connectivity index (χ4v) is 2.77. The highest BCUT2D eigenvalue weighted by molar-refractivity contribution is 7.20. The Bertz CT molecular complexity index is 582. The quantitative estimate of drug-likeness (QED) is 0.885. The van der Waals surface area contributed by atoms with Gasteiger partial charge < -0.3 is 10.4 Å². The third-order valence-electron chi connectivity index (χ3n) is 2.97. The summed E-state index contributed by atoms with van der Waals surface area (Å²) in [4.78, 5) is 12.4. The fourth-order valence-electron chi connectivity index (χ4n) is 1.78. The Morgan fingerprint density at radius 3 is 3.00 bits per heavy atom. The molecule has 1 amide bonds. The van der Waals surface area contributed by atoms with Crippen LogP contribution in [0.5, 0.6) is 0 Å². The van der Waals surface area contributed by atoms with Crippen LogP contribution in [-0.2, 0) is 0 Å². The van der Waals surface area contributed by atoms with Gasteiger partial charge in [0.15, 0.2) is 0 Å². The molecule has 2 rings (SSSR count). The summed E-state index contributed by atoms with van der Waals surface area (Å²) in [5.74, 6) is -0.530. The molecule has 0 radical (unpaired) electrons. The number of carbonyl (C=O) groups is 1. The highest BCUT2D eigenvalue weighted by atomic mass is 32.1. The first-order valence-electron chi connectivity index (χ1n) is 6.26. The third-order valence-corrected chi connectivity index (χ3v) is 4.07. The average Bonchev–Trinajstić information content (AvgIpc) is 2.84. The number of benzene rings is 1. The maximum absolute atomic E-state index is 13.5. The number of thiophene rings is 1. The number of carbonyl (C=O) groups excluding carboxylic acids is 1. The number of nitrogens with one attached hydrogen (secondary N) is 1. The largest absolute Gasteiger partial charge is 0.393 e. The molecule has 0 saturated carbocycles. The number of rotatable bonds is 5. The van der Waals surface area contributed by atoms with E-state index in [0.29, 0.717) is 29.6 Å². The van der Waals surface area contributed by atoms with Crippen molar-refractivity contribution >= 4 is 27.3 Å². The van der Waals surface area contributed by atoms with Crippen molar-refractivity contribution in [3.8, 4) is 0 Å². The van der Waals surface area contributed by atoms with E-state index in [9.17, 15) is 14.3 Å². The summed E-state index contributed by atoms with van der Waals surface area (Å²) in [6.45, 7) is 2.31. The first kappa shape index (κ1) is 14.0. The maximum Gasteiger partial charge on any atom is 0.261 e. The number of halogens is 1. The molecule has 1 atom stereocenters. The highest BCUT2D eigenvalue weighted by Gasteiger charge is 2.12. The molecule has 1 aromatic carbocycles. The number of aliphatic hydroxyl groups excluding tert-OH is 1. The second-order valence-corrected chi connectivity index (χ2v) is 5.45. The van der Waals surface area contributed by atoms with Crippen LogP contribution >= 0.6 is 11.3 Å². The maximum atomic E-state index is 13.5. The molecule has 0 fully saturated rings. The topological polar surface area (TPSA) is 49.3 Å². The molecular formula is C14H16FNO2S. The van der Waals surface area contributed by atoms with Gasteiger partial charge in [0.1, 0.15) is 5.82 Å². The van der Waals surface area contributed by atoms with Crippen LogP contribution in [0.1, 0.15) is 29.4 Å². The SMILES string of the molecule is CCC(O)CCNC(=O)c1cc2c(F)cccc2s1. The second-order valence-electron chi connectivity index (χ2n) is 4.37. The molecule has 0 spiro atoms. The Kier molecular flexibility index (Phi) is 4.50. The molecule has 102 valence electrons. The predicted octanol–water partition coefficient (Wildman–Crippen LogP) is 2.93. The summed E-state index contributed by atoms with van der Waals surface area (Å²) < 4.78 is 14.3. The predicted molar refractivity (Wildman–Crippen MR) is 75.0 cm³/mol. The van der Waals surface area contributed by atoms with Crippen LogP contribution in [0.15, 0.2) is 24.3 Å². The van der Waals surface area contributed by atoms with E-state index in [0.717, 1.165) is 4.70 Å². The van der Waals surface area contributed by atoms with E-state index in [-0.39, 0.29) is 17.8 Å². The molecular weight excluding hydrogens is 265 g/mol. The Labute approximate surface area is 115 Å². The molecule has 2 aromatic rings. The zero-order chi connectivity index (χ0) is 13.8. The van der Waals surface area contributed by atoms with Crippen molar-refractivity contribution < 1.29 is 14.3 Å². The second kappa shape index (κ2) is 6.12. The van der Waals surface area contributed by atoms with Gasteiger partial charge in [-0.15, -0.1) is 11.3 Å². The number of aliphatic hydroxyl groups is 1. The van der Waals surface area contributed by atoms with E-state index in [1.165, 1.54) is 17.4 Å². The van der Waals surface area contributed by atoms with Crippen molar-refractivity contribution in [1.29, 1.82) is 0 Å². The van der Waals surface area contributed by atoms with E-state index >= 15 is 0 Å². The zero-order valence-electron chi connectivity index (χ0n) is 10.6. The average molecular weight is 281 g/mol. The van der Waals surface area contributed by atoms with Gasteiger partial charge in [-0.25, -0.2) is 4.39 Å². The van der Waals surface area contributed by atoms with Crippen LogP contribution in [-0.4, -0.2) is 23.7 Å². The number of hydrogen-bond donors (Lipinski definition) is 2. The normalized spacial score (nSPS) is 12.6. The molecule has 0 aliphatic heterocycles. The van der Waals surface area contributed by atoms with Gasteiger partial charge in [0, 0.05) is 16.6 Å². The monoisotopic (exact) mass is 281 g/mol. The number of amides is 1. The summed E-state index contributed by atoms with van der Waals surface area (Å²) in [5.41, 5.74) is 0. The fraction of sp³-hybridized carbons (Fsp3) is 0.357. The lowest BCUT2D eigenvalue weighted by Gasteiger charge is -2.07.